The second-order valence-corrected chi connectivity index (χ2v) is 6.60. The number of halogens is 1. The Morgan fingerprint density at radius 3 is 2.68 bits per heavy atom. The van der Waals surface area contributed by atoms with E-state index < -0.39 is 0 Å². The van der Waals surface area contributed by atoms with Gasteiger partial charge in [-0.05, 0) is 49.4 Å². The van der Waals surface area contributed by atoms with Crippen LogP contribution in [0.3, 0.4) is 0 Å². The average molecular weight is 394 g/mol. The van der Waals surface area contributed by atoms with Crippen LogP contribution in [0.5, 0.6) is 0 Å². The van der Waals surface area contributed by atoms with Gasteiger partial charge in [-0.25, -0.2) is 0 Å². The van der Waals surface area contributed by atoms with Gasteiger partial charge in [-0.1, -0.05) is 16.8 Å². The summed E-state index contributed by atoms with van der Waals surface area (Å²) in [6.45, 7) is 1.79. The molecule has 2 aromatic carbocycles. The second kappa shape index (κ2) is 7.58. The summed E-state index contributed by atoms with van der Waals surface area (Å²) in [7, 11) is 0. The molecule has 0 spiro atoms. The maximum Gasteiger partial charge on any atom is 0.261 e. The monoisotopic (exact) mass is 393 g/mol. The number of amides is 1. The number of carbonyl (C=O) groups excluding carboxylic acids is 1. The highest BCUT2D eigenvalue weighted by atomic mass is 35.5. The van der Waals surface area contributed by atoms with Crippen molar-refractivity contribution in [3.63, 3.8) is 0 Å². The number of benzene rings is 2. The van der Waals surface area contributed by atoms with Crippen LogP contribution in [0.1, 0.15) is 11.5 Å². The highest BCUT2D eigenvalue weighted by molar-refractivity contribution is 6.30. The Morgan fingerprint density at radius 2 is 1.93 bits per heavy atom. The van der Waals surface area contributed by atoms with Crippen LogP contribution in [0.4, 0.5) is 11.4 Å². The minimum absolute atomic E-state index is 0.308. The summed E-state index contributed by atoms with van der Waals surface area (Å²) < 4.78 is 5.30. The Bertz CT molecular complexity index is 1160. The van der Waals surface area contributed by atoms with E-state index in [-0.39, 0.29) is 5.91 Å². The fourth-order valence-corrected chi connectivity index (χ4v) is 2.78. The number of nitrogens with one attached hydrogen (secondary N) is 3. The van der Waals surface area contributed by atoms with E-state index in [0.717, 1.165) is 16.6 Å². The normalized spacial score (nSPS) is 11.6. The Labute approximate surface area is 165 Å². The maximum absolute atomic E-state index is 12.8. The minimum Gasteiger partial charge on any atom is -0.361 e. The van der Waals surface area contributed by atoms with Crippen molar-refractivity contribution in [2.75, 3.05) is 10.6 Å². The minimum atomic E-state index is -0.338. The molecule has 0 saturated heterocycles. The largest absolute Gasteiger partial charge is 0.361 e. The number of hydrogen-bond donors (Lipinski definition) is 3. The van der Waals surface area contributed by atoms with E-state index in [2.05, 4.69) is 26.0 Å². The van der Waals surface area contributed by atoms with Crippen molar-refractivity contribution in [2.45, 2.75) is 6.92 Å². The highest BCUT2D eigenvalue weighted by Crippen LogP contribution is 2.22. The summed E-state index contributed by atoms with van der Waals surface area (Å²) in [6, 6.07) is 14.3. The Hall–Kier alpha value is -3.58. The Morgan fingerprint density at radius 1 is 1.14 bits per heavy atom. The predicted molar refractivity (Wildman–Crippen MR) is 109 cm³/mol. The van der Waals surface area contributed by atoms with E-state index in [0.29, 0.717) is 27.7 Å². The van der Waals surface area contributed by atoms with Gasteiger partial charge in [-0.15, -0.1) is 0 Å². The third-order valence-corrected chi connectivity index (χ3v) is 4.32. The number of nitrogens with zero attached hydrogens (tertiary/aromatic N) is 2. The fourth-order valence-electron chi connectivity index (χ4n) is 2.66. The molecule has 0 aliphatic heterocycles. The first-order valence-electron chi connectivity index (χ1n) is 8.49. The Kier molecular flexibility index (Phi) is 4.82. The quantitative estimate of drug-likeness (QED) is 0.430. The van der Waals surface area contributed by atoms with Crippen LogP contribution in [-0.4, -0.2) is 21.3 Å². The van der Waals surface area contributed by atoms with E-state index >= 15 is 0 Å². The first kappa shape index (κ1) is 17.8. The van der Waals surface area contributed by atoms with Gasteiger partial charge in [0.05, 0.1) is 17.4 Å². The standard InChI is InChI=1S/C20H16ClN5O2/c1-12-8-19(28-26-12)17(20(27)24-15-4-2-14(21)3-5-15)11-22-16-6-7-18-13(9-16)10-23-25-18/h2-11,22H,1H3,(H,23,25)(H,24,27)/b17-11-. The SMILES string of the molecule is Cc1cc(/C(=C/Nc2ccc3[nH]ncc3c2)C(=O)Nc2ccc(Cl)cc2)on1. The van der Waals surface area contributed by atoms with Crippen LogP contribution in [0.25, 0.3) is 16.5 Å². The van der Waals surface area contributed by atoms with Gasteiger partial charge in [0, 0.05) is 34.0 Å². The van der Waals surface area contributed by atoms with E-state index in [4.69, 9.17) is 16.1 Å². The van der Waals surface area contributed by atoms with Crippen LogP contribution in [-0.2, 0) is 4.79 Å². The summed E-state index contributed by atoms with van der Waals surface area (Å²) in [5.41, 5.74) is 3.35. The van der Waals surface area contributed by atoms with Gasteiger partial charge >= 0.3 is 0 Å². The van der Waals surface area contributed by atoms with Crippen molar-refractivity contribution in [3.05, 3.63) is 77.4 Å². The maximum atomic E-state index is 12.8. The topological polar surface area (TPSA) is 95.8 Å². The van der Waals surface area contributed by atoms with E-state index in [1.165, 1.54) is 0 Å². The number of fused-ring (bicyclic) bond motifs is 1. The molecule has 3 N–H and O–H groups in total. The molecule has 2 aromatic heterocycles. The first-order valence-corrected chi connectivity index (χ1v) is 8.87. The number of H-pyrrole nitrogens is 1. The van der Waals surface area contributed by atoms with Crippen LogP contribution in [0, 0.1) is 6.92 Å². The fraction of sp³-hybridized carbons (Fsp3) is 0.0500. The number of carbonyl (C=O) groups is 1. The third kappa shape index (κ3) is 3.89. The highest BCUT2D eigenvalue weighted by Gasteiger charge is 2.17. The molecule has 140 valence electrons. The van der Waals surface area contributed by atoms with Crippen LogP contribution in [0.15, 0.2) is 65.5 Å². The summed E-state index contributed by atoms with van der Waals surface area (Å²) in [5.74, 6) is 0.0243. The summed E-state index contributed by atoms with van der Waals surface area (Å²) in [5, 5.41) is 18.3. The molecule has 0 radical (unpaired) electrons. The van der Waals surface area contributed by atoms with Gasteiger partial charge < -0.3 is 15.2 Å². The van der Waals surface area contributed by atoms with Crippen LogP contribution >= 0.6 is 11.6 Å². The van der Waals surface area contributed by atoms with Crippen LogP contribution < -0.4 is 10.6 Å². The molecule has 0 fully saturated rings. The van der Waals surface area contributed by atoms with E-state index in [1.54, 1.807) is 49.7 Å². The molecule has 4 aromatic rings. The molecule has 0 unspecified atom stereocenters. The molecule has 0 aliphatic rings. The van der Waals surface area contributed by atoms with Crippen LogP contribution in [0.2, 0.25) is 5.02 Å². The molecule has 0 bridgehead atoms. The number of anilines is 2. The lowest BCUT2D eigenvalue weighted by molar-refractivity contribution is -0.111. The molecule has 0 atom stereocenters. The van der Waals surface area contributed by atoms with Gasteiger partial charge in [-0.2, -0.15) is 5.10 Å². The molecule has 28 heavy (non-hydrogen) atoms. The van der Waals surface area contributed by atoms with E-state index in [9.17, 15) is 4.79 Å². The van der Waals surface area contributed by atoms with Gasteiger partial charge in [-0.3, -0.25) is 9.89 Å². The predicted octanol–water partition coefficient (Wildman–Crippen LogP) is 4.60. The second-order valence-electron chi connectivity index (χ2n) is 6.17. The van der Waals surface area contributed by atoms with Crippen molar-refractivity contribution in [2.24, 2.45) is 0 Å². The molecule has 7 nitrogen and oxygen atoms in total. The number of aromatic amines is 1. The molecule has 0 saturated carbocycles. The molecular weight excluding hydrogens is 378 g/mol. The zero-order chi connectivity index (χ0) is 19.5. The zero-order valence-corrected chi connectivity index (χ0v) is 15.6. The average Bonchev–Trinajstić information content (AvgIpc) is 3.32. The summed E-state index contributed by atoms with van der Waals surface area (Å²) >= 11 is 5.90. The number of hydrogen-bond acceptors (Lipinski definition) is 5. The lowest BCUT2D eigenvalue weighted by atomic mass is 10.1. The number of aryl methyl sites for hydroxylation is 1. The van der Waals surface area contributed by atoms with E-state index in [1.807, 2.05) is 18.2 Å². The Balaban J connectivity index is 1.61. The number of aromatic nitrogens is 3. The first-order chi connectivity index (χ1) is 13.6. The summed E-state index contributed by atoms with van der Waals surface area (Å²) in [4.78, 5) is 12.8. The smallest absolute Gasteiger partial charge is 0.261 e. The lowest BCUT2D eigenvalue weighted by Crippen LogP contribution is -2.14. The lowest BCUT2D eigenvalue weighted by Gasteiger charge is -2.08. The molecule has 0 aliphatic carbocycles. The third-order valence-electron chi connectivity index (χ3n) is 4.06. The molecule has 2 heterocycles. The van der Waals surface area contributed by atoms with Crippen molar-refractivity contribution in [3.8, 4) is 0 Å². The zero-order valence-electron chi connectivity index (χ0n) is 14.9. The van der Waals surface area contributed by atoms with Gasteiger partial charge in [0.25, 0.3) is 5.91 Å². The molecule has 8 heteroatoms. The van der Waals surface area contributed by atoms with Crippen molar-refractivity contribution in [1.82, 2.24) is 15.4 Å². The van der Waals surface area contributed by atoms with Gasteiger partial charge in [0.15, 0.2) is 5.76 Å². The summed E-state index contributed by atoms with van der Waals surface area (Å²) in [6.07, 6.45) is 3.32. The molecular formula is C20H16ClN5O2. The van der Waals surface area contributed by atoms with Crippen molar-refractivity contribution < 1.29 is 9.32 Å². The molecule has 4 rings (SSSR count). The van der Waals surface area contributed by atoms with Gasteiger partial charge in [0.2, 0.25) is 0 Å². The van der Waals surface area contributed by atoms with Crippen molar-refractivity contribution in [1.29, 1.82) is 0 Å². The molecule has 1 amide bonds. The number of rotatable bonds is 5. The van der Waals surface area contributed by atoms with Gasteiger partial charge in [0.1, 0.15) is 5.57 Å². The van der Waals surface area contributed by atoms with Crippen molar-refractivity contribution >= 4 is 45.4 Å².